The monoisotopic (exact) mass is 500 g/mol. The van der Waals surface area contributed by atoms with Gasteiger partial charge in [-0.15, -0.1) is 11.3 Å². The van der Waals surface area contributed by atoms with Gasteiger partial charge in [0, 0.05) is 27.4 Å². The van der Waals surface area contributed by atoms with Crippen LogP contribution in [0.3, 0.4) is 0 Å². The van der Waals surface area contributed by atoms with E-state index >= 15 is 0 Å². The van der Waals surface area contributed by atoms with Crippen molar-refractivity contribution in [1.29, 1.82) is 0 Å². The zero-order chi connectivity index (χ0) is 23.1. The Balaban J connectivity index is 1.53. The zero-order valence-electron chi connectivity index (χ0n) is 17.9. The molecule has 7 heteroatoms. The average molecular weight is 501 g/mol. The highest BCUT2D eigenvalue weighted by atomic mass is 35.5. The predicted molar refractivity (Wildman–Crippen MR) is 142 cm³/mol. The lowest BCUT2D eigenvalue weighted by atomic mass is 10.0. The molecule has 1 atom stereocenters. The van der Waals surface area contributed by atoms with Crippen LogP contribution in [0.4, 0.5) is 5.95 Å². The van der Waals surface area contributed by atoms with Crippen molar-refractivity contribution in [3.8, 4) is 11.3 Å². The van der Waals surface area contributed by atoms with Gasteiger partial charge in [-0.05, 0) is 47.3 Å². The third-order valence-corrected chi connectivity index (χ3v) is 7.27. The molecule has 0 amide bonds. The molecule has 34 heavy (non-hydrogen) atoms. The summed E-state index contributed by atoms with van der Waals surface area (Å²) in [6, 6.07) is 27.8. The first kappa shape index (κ1) is 21.3. The Hall–Kier alpha value is -3.25. The molecular formula is C27H18Cl2N4S. The third kappa shape index (κ3) is 3.96. The van der Waals surface area contributed by atoms with Crippen LogP contribution in [0.2, 0.25) is 10.0 Å². The van der Waals surface area contributed by atoms with Gasteiger partial charge in [-0.25, -0.2) is 15.0 Å². The van der Waals surface area contributed by atoms with Crippen LogP contribution in [-0.4, -0.2) is 15.7 Å². The number of rotatable bonds is 4. The second kappa shape index (κ2) is 8.84. The topological polar surface area (TPSA) is 41.4 Å². The van der Waals surface area contributed by atoms with Gasteiger partial charge < -0.3 is 0 Å². The molecule has 0 radical (unpaired) electrons. The van der Waals surface area contributed by atoms with Crippen molar-refractivity contribution in [2.45, 2.75) is 12.5 Å². The Morgan fingerprint density at radius 3 is 2.47 bits per heavy atom. The highest BCUT2D eigenvalue weighted by Gasteiger charge is 2.32. The summed E-state index contributed by atoms with van der Waals surface area (Å²) < 4.78 is 0. The number of benzene rings is 3. The van der Waals surface area contributed by atoms with E-state index in [1.54, 1.807) is 11.3 Å². The molecule has 0 bridgehead atoms. The van der Waals surface area contributed by atoms with Crippen molar-refractivity contribution >= 4 is 57.1 Å². The van der Waals surface area contributed by atoms with Crippen LogP contribution in [0.5, 0.6) is 0 Å². The molecule has 0 aliphatic carbocycles. The minimum absolute atomic E-state index is 0.0602. The van der Waals surface area contributed by atoms with Crippen LogP contribution >= 0.6 is 34.5 Å². The van der Waals surface area contributed by atoms with E-state index in [-0.39, 0.29) is 6.04 Å². The fraction of sp³-hybridized carbons (Fsp3) is 0.0741. The fourth-order valence-corrected chi connectivity index (χ4v) is 5.30. The van der Waals surface area contributed by atoms with E-state index in [0.29, 0.717) is 16.0 Å². The third-order valence-electron chi connectivity index (χ3n) is 5.86. The number of para-hydroxylation sites is 1. The number of halogens is 2. The lowest BCUT2D eigenvalue weighted by molar-refractivity contribution is 0.689. The molecule has 5 aromatic rings. The van der Waals surface area contributed by atoms with Crippen LogP contribution in [0.15, 0.2) is 95.4 Å². The summed E-state index contributed by atoms with van der Waals surface area (Å²) in [5.74, 6) is 0.556. The summed E-state index contributed by atoms with van der Waals surface area (Å²) >= 11 is 14.2. The van der Waals surface area contributed by atoms with Gasteiger partial charge in [0.15, 0.2) is 0 Å². The van der Waals surface area contributed by atoms with E-state index in [0.717, 1.165) is 44.7 Å². The maximum Gasteiger partial charge on any atom is 0.247 e. The molecule has 3 aromatic carbocycles. The normalized spacial score (nSPS) is 15.6. The molecule has 0 spiro atoms. The lowest BCUT2D eigenvalue weighted by Gasteiger charge is -2.23. The fourth-order valence-electron chi connectivity index (χ4n) is 4.25. The molecule has 0 unspecified atom stereocenters. The molecule has 0 fully saturated rings. The molecule has 2 aromatic heterocycles. The molecule has 4 nitrogen and oxygen atoms in total. The van der Waals surface area contributed by atoms with Crippen molar-refractivity contribution in [3.63, 3.8) is 0 Å². The van der Waals surface area contributed by atoms with Gasteiger partial charge in [0.1, 0.15) is 0 Å². The molecule has 166 valence electrons. The molecule has 3 heterocycles. The second-order valence-electron chi connectivity index (χ2n) is 8.04. The summed E-state index contributed by atoms with van der Waals surface area (Å²) in [4.78, 5) is 11.1. The number of anilines is 1. The van der Waals surface area contributed by atoms with Crippen molar-refractivity contribution in [1.82, 2.24) is 9.97 Å². The van der Waals surface area contributed by atoms with Crippen LogP contribution in [0.1, 0.15) is 22.9 Å². The number of fused-ring (bicyclic) bond motifs is 1. The molecular weight excluding hydrogens is 483 g/mol. The van der Waals surface area contributed by atoms with E-state index in [4.69, 9.17) is 38.3 Å². The number of thiophene rings is 1. The van der Waals surface area contributed by atoms with E-state index in [9.17, 15) is 0 Å². The molecule has 1 aliphatic rings. The molecule has 0 saturated heterocycles. The van der Waals surface area contributed by atoms with E-state index < -0.39 is 0 Å². The Bertz CT molecular complexity index is 1510. The summed E-state index contributed by atoms with van der Waals surface area (Å²) in [6.45, 7) is 0. The first-order chi connectivity index (χ1) is 16.7. The van der Waals surface area contributed by atoms with Crippen molar-refractivity contribution in [3.05, 3.63) is 111 Å². The van der Waals surface area contributed by atoms with Crippen molar-refractivity contribution in [2.75, 3.05) is 5.01 Å². The minimum Gasteiger partial charge on any atom is -0.223 e. The van der Waals surface area contributed by atoms with Gasteiger partial charge in [-0.3, -0.25) is 0 Å². The first-order valence-electron chi connectivity index (χ1n) is 10.8. The van der Waals surface area contributed by atoms with Crippen LogP contribution in [-0.2, 0) is 0 Å². The second-order valence-corrected chi connectivity index (χ2v) is 9.86. The lowest BCUT2D eigenvalue weighted by Crippen LogP contribution is -2.21. The largest absolute Gasteiger partial charge is 0.247 e. The summed E-state index contributed by atoms with van der Waals surface area (Å²) in [5, 5.41) is 11.4. The van der Waals surface area contributed by atoms with Gasteiger partial charge in [0.2, 0.25) is 5.95 Å². The first-order valence-corrected chi connectivity index (χ1v) is 12.5. The van der Waals surface area contributed by atoms with Crippen LogP contribution < -0.4 is 5.01 Å². The van der Waals surface area contributed by atoms with E-state index in [1.807, 2.05) is 77.8 Å². The highest BCUT2D eigenvalue weighted by molar-refractivity contribution is 7.12. The minimum atomic E-state index is -0.0602. The van der Waals surface area contributed by atoms with E-state index in [1.165, 1.54) is 0 Å². The average Bonchev–Trinajstić information content (AvgIpc) is 3.54. The zero-order valence-corrected chi connectivity index (χ0v) is 20.2. The van der Waals surface area contributed by atoms with Crippen LogP contribution in [0.25, 0.3) is 22.2 Å². The smallest absolute Gasteiger partial charge is 0.223 e. The Labute approximate surface area is 211 Å². The number of hydrogen-bond acceptors (Lipinski definition) is 5. The number of nitrogens with zero attached hydrogens (tertiary/aromatic N) is 4. The molecule has 6 rings (SSSR count). The van der Waals surface area contributed by atoms with Gasteiger partial charge in [-0.2, -0.15) is 5.10 Å². The van der Waals surface area contributed by atoms with Gasteiger partial charge in [0.25, 0.3) is 0 Å². The summed E-state index contributed by atoms with van der Waals surface area (Å²) in [7, 11) is 0. The Kier molecular flexibility index (Phi) is 5.53. The van der Waals surface area contributed by atoms with Gasteiger partial charge in [-0.1, -0.05) is 71.7 Å². The number of aromatic nitrogens is 2. The number of hydrogen-bond donors (Lipinski definition) is 0. The van der Waals surface area contributed by atoms with Gasteiger partial charge >= 0.3 is 0 Å². The van der Waals surface area contributed by atoms with Crippen LogP contribution in [0, 0.1) is 0 Å². The van der Waals surface area contributed by atoms with Gasteiger partial charge in [0.05, 0.1) is 27.8 Å². The standard InChI is InChI=1S/C27H18Cl2N4S/c28-19-12-10-17(11-13-19)26-21-7-1-2-8-22(21)30-27(31-26)33-24(18-5-3-6-20(29)15-18)16-23(32-33)25-9-4-14-34-25/h1-15,24H,16H2/t24-/m0/s1. The van der Waals surface area contributed by atoms with E-state index in [2.05, 4.69) is 17.5 Å². The maximum absolute atomic E-state index is 6.35. The van der Waals surface area contributed by atoms with Crippen molar-refractivity contribution < 1.29 is 0 Å². The highest BCUT2D eigenvalue weighted by Crippen LogP contribution is 2.38. The molecule has 0 saturated carbocycles. The maximum atomic E-state index is 6.35. The Morgan fingerprint density at radius 1 is 0.824 bits per heavy atom. The SMILES string of the molecule is Clc1ccc(-c2nc(N3N=C(c4cccs4)C[C@H]3c3cccc(Cl)c3)nc3ccccc23)cc1. The van der Waals surface area contributed by atoms with Crippen molar-refractivity contribution in [2.24, 2.45) is 5.10 Å². The number of hydrazone groups is 1. The molecule has 0 N–H and O–H groups in total. The summed E-state index contributed by atoms with van der Waals surface area (Å²) in [5.41, 5.74) is 4.78. The summed E-state index contributed by atoms with van der Waals surface area (Å²) in [6.07, 6.45) is 0.743. The quantitative estimate of drug-likeness (QED) is 0.250. The Morgan fingerprint density at radius 2 is 1.68 bits per heavy atom. The molecule has 1 aliphatic heterocycles. The predicted octanol–water partition coefficient (Wildman–Crippen LogP) is 8.02.